The van der Waals surface area contributed by atoms with E-state index in [9.17, 15) is 4.79 Å². The minimum atomic E-state index is -0.105. The number of anilines is 2. The average molecular weight is 329 g/mol. The Bertz CT molecular complexity index is 530. The van der Waals surface area contributed by atoms with Crippen molar-refractivity contribution in [2.75, 3.05) is 10.6 Å². The van der Waals surface area contributed by atoms with Gasteiger partial charge in [-0.05, 0) is 43.2 Å². The van der Waals surface area contributed by atoms with Crippen LogP contribution < -0.4 is 10.6 Å². The van der Waals surface area contributed by atoms with Crippen LogP contribution in [-0.4, -0.2) is 18.4 Å². The fourth-order valence-corrected chi connectivity index (χ4v) is 4.41. The number of nitrogens with one attached hydrogen (secondary N) is 2. The third kappa shape index (κ3) is 4.12. The summed E-state index contributed by atoms with van der Waals surface area (Å²) in [5.41, 5.74) is 2.31. The van der Waals surface area contributed by atoms with E-state index in [1.54, 1.807) is 0 Å². The minimum Gasteiger partial charge on any atom is -0.381 e. The summed E-state index contributed by atoms with van der Waals surface area (Å²) in [5.74, 6) is 0. The number of carbonyl (C=O) groups excluding carboxylic acids is 1. The van der Waals surface area contributed by atoms with Gasteiger partial charge in [0.1, 0.15) is 6.29 Å². The minimum absolute atomic E-state index is 0.0813. The van der Waals surface area contributed by atoms with Gasteiger partial charge in [-0.1, -0.05) is 57.6 Å². The van der Waals surface area contributed by atoms with Crippen LogP contribution in [0.5, 0.6) is 0 Å². The highest BCUT2D eigenvalue weighted by molar-refractivity contribution is 5.74. The second kappa shape index (κ2) is 8.04. The highest BCUT2D eigenvalue weighted by Crippen LogP contribution is 2.40. The number of hydrogen-bond acceptors (Lipinski definition) is 3. The van der Waals surface area contributed by atoms with E-state index in [1.807, 2.05) is 0 Å². The topological polar surface area (TPSA) is 41.1 Å². The van der Waals surface area contributed by atoms with Crippen LogP contribution in [0.25, 0.3) is 0 Å². The molecule has 0 radical (unpaired) electrons. The van der Waals surface area contributed by atoms with Gasteiger partial charge in [-0.15, -0.1) is 0 Å². The van der Waals surface area contributed by atoms with Gasteiger partial charge in [0.15, 0.2) is 0 Å². The Kier molecular flexibility index (Phi) is 5.80. The number of benzene rings is 1. The first-order valence-electron chi connectivity index (χ1n) is 9.79. The molecule has 2 N–H and O–H groups in total. The maximum Gasteiger partial charge on any atom is 0.142 e. The molecule has 2 fully saturated rings. The van der Waals surface area contributed by atoms with Crippen LogP contribution in [0.4, 0.5) is 11.4 Å². The lowest BCUT2D eigenvalue weighted by molar-refractivity contribution is -0.111. The van der Waals surface area contributed by atoms with Crippen molar-refractivity contribution in [2.24, 2.45) is 5.41 Å². The molecule has 2 saturated carbocycles. The van der Waals surface area contributed by atoms with Crippen molar-refractivity contribution in [3.8, 4) is 0 Å². The van der Waals surface area contributed by atoms with E-state index in [-0.39, 0.29) is 11.5 Å². The summed E-state index contributed by atoms with van der Waals surface area (Å²) in [6.07, 6.45) is 13.7. The molecule has 3 nitrogen and oxygen atoms in total. The van der Waals surface area contributed by atoms with Gasteiger partial charge in [0.05, 0.1) is 17.4 Å². The second-order valence-electron chi connectivity index (χ2n) is 8.00. The Morgan fingerprint density at radius 1 is 1.00 bits per heavy atom. The van der Waals surface area contributed by atoms with Crippen LogP contribution >= 0.6 is 0 Å². The lowest BCUT2D eigenvalue weighted by Crippen LogP contribution is -2.41. The molecule has 0 bridgehead atoms. The van der Waals surface area contributed by atoms with Crippen LogP contribution in [0, 0.1) is 5.41 Å². The molecule has 24 heavy (non-hydrogen) atoms. The summed E-state index contributed by atoms with van der Waals surface area (Å²) in [6.45, 7) is 2.27. The molecule has 0 heterocycles. The summed E-state index contributed by atoms with van der Waals surface area (Å²) in [6, 6.07) is 8.85. The molecule has 1 aromatic rings. The van der Waals surface area contributed by atoms with Crippen molar-refractivity contribution in [1.82, 2.24) is 0 Å². The van der Waals surface area contributed by atoms with Gasteiger partial charge in [0, 0.05) is 6.04 Å². The van der Waals surface area contributed by atoms with Crippen molar-refractivity contribution in [2.45, 2.75) is 83.2 Å². The first-order chi connectivity index (χ1) is 11.7. The molecule has 0 aromatic heterocycles. The first-order valence-corrected chi connectivity index (χ1v) is 9.79. The highest BCUT2D eigenvalue weighted by atomic mass is 16.1. The molecular weight excluding hydrogens is 296 g/mol. The summed E-state index contributed by atoms with van der Waals surface area (Å²) < 4.78 is 0. The monoisotopic (exact) mass is 328 g/mol. The average Bonchev–Trinajstić information content (AvgIpc) is 2.62. The number of aldehydes is 1. The standard InChI is InChI=1S/C21H32N2O/c1-21(14-8-3-9-15-21)20(16-24)23-19-13-7-6-12-18(19)22-17-10-4-2-5-11-17/h6-7,12-13,16-17,20,22-23H,2-5,8-11,14-15H2,1H3. The fraction of sp³-hybridized carbons (Fsp3) is 0.667. The zero-order chi connectivity index (χ0) is 16.8. The van der Waals surface area contributed by atoms with Crippen molar-refractivity contribution in [1.29, 1.82) is 0 Å². The largest absolute Gasteiger partial charge is 0.381 e. The quantitative estimate of drug-likeness (QED) is 0.689. The Hall–Kier alpha value is -1.51. The SMILES string of the molecule is CC1(C(C=O)Nc2ccccc2NC2CCCCC2)CCCCC1. The third-order valence-electron chi connectivity index (χ3n) is 6.09. The number of hydrogen-bond donors (Lipinski definition) is 2. The number of para-hydroxylation sites is 2. The van der Waals surface area contributed by atoms with E-state index in [0.29, 0.717) is 6.04 Å². The lowest BCUT2D eigenvalue weighted by atomic mass is 9.71. The van der Waals surface area contributed by atoms with Crippen molar-refractivity contribution < 1.29 is 4.79 Å². The molecule has 132 valence electrons. The highest BCUT2D eigenvalue weighted by Gasteiger charge is 2.35. The van der Waals surface area contributed by atoms with Crippen LogP contribution in [0.15, 0.2) is 24.3 Å². The van der Waals surface area contributed by atoms with E-state index in [4.69, 9.17) is 0 Å². The summed E-state index contributed by atoms with van der Waals surface area (Å²) in [7, 11) is 0. The van der Waals surface area contributed by atoms with Crippen LogP contribution in [0.2, 0.25) is 0 Å². The van der Waals surface area contributed by atoms with Crippen LogP contribution in [-0.2, 0) is 4.79 Å². The summed E-state index contributed by atoms with van der Waals surface area (Å²) >= 11 is 0. The van der Waals surface area contributed by atoms with Crippen LogP contribution in [0.3, 0.4) is 0 Å². The zero-order valence-corrected chi connectivity index (χ0v) is 15.0. The molecule has 0 amide bonds. The van der Waals surface area contributed by atoms with Gasteiger partial charge in [0.25, 0.3) is 0 Å². The molecule has 0 aliphatic heterocycles. The van der Waals surface area contributed by atoms with Gasteiger partial charge < -0.3 is 15.4 Å². The summed E-state index contributed by atoms with van der Waals surface area (Å²) in [4.78, 5) is 11.8. The molecule has 3 heteroatoms. The Labute approximate surface area is 146 Å². The van der Waals surface area contributed by atoms with Gasteiger partial charge in [-0.25, -0.2) is 0 Å². The molecule has 1 aromatic carbocycles. The van der Waals surface area contributed by atoms with Crippen molar-refractivity contribution >= 4 is 17.7 Å². The number of carbonyl (C=O) groups is 1. The molecule has 0 spiro atoms. The van der Waals surface area contributed by atoms with E-state index in [0.717, 1.165) is 30.5 Å². The van der Waals surface area contributed by atoms with E-state index in [2.05, 4.69) is 41.8 Å². The molecular formula is C21H32N2O. The predicted molar refractivity (Wildman–Crippen MR) is 102 cm³/mol. The Balaban J connectivity index is 1.72. The molecule has 2 aliphatic carbocycles. The molecule has 3 rings (SSSR count). The Morgan fingerprint density at radius 2 is 1.62 bits per heavy atom. The van der Waals surface area contributed by atoms with Gasteiger partial charge in [-0.2, -0.15) is 0 Å². The van der Waals surface area contributed by atoms with Gasteiger partial charge >= 0.3 is 0 Å². The van der Waals surface area contributed by atoms with Gasteiger partial charge in [-0.3, -0.25) is 0 Å². The number of rotatable bonds is 6. The van der Waals surface area contributed by atoms with E-state index in [1.165, 1.54) is 51.4 Å². The predicted octanol–water partition coefficient (Wildman–Crippen LogP) is 5.38. The molecule has 0 saturated heterocycles. The van der Waals surface area contributed by atoms with Crippen molar-refractivity contribution in [3.05, 3.63) is 24.3 Å². The fourth-order valence-electron chi connectivity index (χ4n) is 4.41. The molecule has 1 unspecified atom stereocenters. The summed E-state index contributed by atoms with van der Waals surface area (Å²) in [5, 5.41) is 7.28. The maximum absolute atomic E-state index is 11.8. The normalized spacial score (nSPS) is 22.5. The zero-order valence-electron chi connectivity index (χ0n) is 15.0. The van der Waals surface area contributed by atoms with Crippen LogP contribution in [0.1, 0.15) is 71.1 Å². The lowest BCUT2D eigenvalue weighted by Gasteiger charge is -2.39. The smallest absolute Gasteiger partial charge is 0.142 e. The second-order valence-corrected chi connectivity index (χ2v) is 8.00. The van der Waals surface area contributed by atoms with E-state index >= 15 is 0 Å². The third-order valence-corrected chi connectivity index (χ3v) is 6.09. The Morgan fingerprint density at radius 3 is 2.29 bits per heavy atom. The van der Waals surface area contributed by atoms with E-state index < -0.39 is 0 Å². The molecule has 1 atom stereocenters. The van der Waals surface area contributed by atoms with Crippen molar-refractivity contribution in [3.63, 3.8) is 0 Å². The first kappa shape index (κ1) is 17.3. The molecule has 2 aliphatic rings. The maximum atomic E-state index is 11.8. The van der Waals surface area contributed by atoms with Gasteiger partial charge in [0.2, 0.25) is 0 Å².